The molecule has 3 aromatic rings. The average Bonchev–Trinajstić information content (AvgIpc) is 2.87. The van der Waals surface area contributed by atoms with E-state index < -0.39 is 23.8 Å². The number of carbonyl (C=O) groups is 4. The summed E-state index contributed by atoms with van der Waals surface area (Å²) in [5.74, 6) is -3.46. The van der Waals surface area contributed by atoms with Gasteiger partial charge in [0.25, 0.3) is 11.8 Å². The number of hydrogen-bond donors (Lipinski definition) is 2. The molecule has 2 N–H and O–H groups in total. The second kappa shape index (κ2) is 11.7. The number of halogens is 4. The van der Waals surface area contributed by atoms with Crippen molar-refractivity contribution in [3.05, 3.63) is 101 Å². The van der Waals surface area contributed by atoms with E-state index in [1.165, 1.54) is 24.3 Å². The van der Waals surface area contributed by atoms with Crippen molar-refractivity contribution in [3.8, 4) is 0 Å². The molecule has 2 amide bonds. The Morgan fingerprint density at radius 1 is 0.529 bits per heavy atom. The Kier molecular flexibility index (Phi) is 9.00. The molecule has 8 nitrogen and oxygen atoms in total. The molecule has 0 bridgehead atoms. The zero-order valence-electron chi connectivity index (χ0n) is 16.7. The summed E-state index contributed by atoms with van der Waals surface area (Å²) >= 11 is 13.1. The number of hydrogen-bond acceptors (Lipinski definition) is 6. The standard InChI is InChI=1S/C22H12Br4N2O6/c23-15-13(21(31)33-27-19(29)11-7-3-1-4-8-11)14(16(24)18(26)17(15)25)22(32)34-28-20(30)12-9-5-2-6-10-12/h1-10H,(H,27,29)(H,28,30). The molecule has 0 heterocycles. The fourth-order valence-corrected chi connectivity index (χ4v) is 5.04. The Labute approximate surface area is 226 Å². The molecule has 0 spiro atoms. The summed E-state index contributed by atoms with van der Waals surface area (Å²) in [6, 6.07) is 16.2. The van der Waals surface area contributed by atoms with Gasteiger partial charge in [-0.25, -0.2) is 9.59 Å². The molecule has 174 valence electrons. The van der Waals surface area contributed by atoms with Crippen LogP contribution in [0, 0.1) is 0 Å². The second-order valence-corrected chi connectivity index (χ2v) is 9.55. The molecule has 34 heavy (non-hydrogen) atoms. The van der Waals surface area contributed by atoms with Crippen LogP contribution in [-0.4, -0.2) is 23.8 Å². The monoisotopic (exact) mass is 716 g/mol. The molecular weight excluding hydrogens is 708 g/mol. The lowest BCUT2D eigenvalue weighted by Crippen LogP contribution is -2.30. The van der Waals surface area contributed by atoms with Crippen molar-refractivity contribution < 1.29 is 28.9 Å². The summed E-state index contributed by atoms with van der Waals surface area (Å²) in [6.45, 7) is 0. The first-order valence-electron chi connectivity index (χ1n) is 9.21. The predicted octanol–water partition coefficient (Wildman–Crippen LogP) is 5.74. The molecule has 0 aliphatic heterocycles. The molecule has 3 aromatic carbocycles. The van der Waals surface area contributed by atoms with Gasteiger partial charge in [-0.05, 0) is 88.0 Å². The first-order chi connectivity index (χ1) is 16.2. The van der Waals surface area contributed by atoms with Gasteiger partial charge in [-0.1, -0.05) is 36.4 Å². The van der Waals surface area contributed by atoms with Gasteiger partial charge in [-0.2, -0.15) is 11.0 Å². The summed E-state index contributed by atoms with van der Waals surface area (Å²) in [7, 11) is 0. The van der Waals surface area contributed by atoms with Crippen LogP contribution in [0.15, 0.2) is 78.6 Å². The second-order valence-electron chi connectivity index (χ2n) is 6.38. The van der Waals surface area contributed by atoms with Crippen LogP contribution in [0.4, 0.5) is 0 Å². The third-order valence-electron chi connectivity index (χ3n) is 4.22. The van der Waals surface area contributed by atoms with Crippen LogP contribution in [0.2, 0.25) is 0 Å². The topological polar surface area (TPSA) is 111 Å². The minimum absolute atomic E-state index is 0.142. The van der Waals surface area contributed by atoms with E-state index in [1.54, 1.807) is 36.4 Å². The van der Waals surface area contributed by atoms with Gasteiger partial charge in [0, 0.05) is 29.0 Å². The van der Waals surface area contributed by atoms with Gasteiger partial charge in [0.05, 0.1) is 11.1 Å². The number of carbonyl (C=O) groups excluding carboxylic acids is 4. The highest BCUT2D eigenvalue weighted by Crippen LogP contribution is 2.42. The van der Waals surface area contributed by atoms with E-state index in [1.807, 2.05) is 11.0 Å². The van der Waals surface area contributed by atoms with E-state index in [2.05, 4.69) is 63.7 Å². The van der Waals surface area contributed by atoms with E-state index >= 15 is 0 Å². The summed E-state index contributed by atoms with van der Waals surface area (Å²) in [5.41, 5.74) is 4.07. The zero-order chi connectivity index (χ0) is 24.8. The number of hydroxylamine groups is 2. The smallest absolute Gasteiger partial charge is 0.335 e. The van der Waals surface area contributed by atoms with Gasteiger partial charge >= 0.3 is 11.9 Å². The van der Waals surface area contributed by atoms with Crippen molar-refractivity contribution in [2.75, 3.05) is 0 Å². The minimum Gasteiger partial charge on any atom is -0.335 e. The molecule has 0 unspecified atom stereocenters. The Balaban J connectivity index is 1.85. The van der Waals surface area contributed by atoms with Crippen molar-refractivity contribution in [3.63, 3.8) is 0 Å². The Bertz CT molecular complexity index is 1170. The summed E-state index contributed by atoms with van der Waals surface area (Å²) in [5, 5.41) is 0. The first-order valence-corrected chi connectivity index (χ1v) is 12.4. The van der Waals surface area contributed by atoms with Gasteiger partial charge in [0.1, 0.15) is 0 Å². The van der Waals surface area contributed by atoms with Crippen molar-refractivity contribution in [2.45, 2.75) is 0 Å². The van der Waals surface area contributed by atoms with Gasteiger partial charge in [-0.3, -0.25) is 9.59 Å². The van der Waals surface area contributed by atoms with Crippen LogP contribution in [0.25, 0.3) is 0 Å². The maximum absolute atomic E-state index is 12.9. The highest BCUT2D eigenvalue weighted by Gasteiger charge is 2.31. The Hall–Kier alpha value is -2.54. The third kappa shape index (κ3) is 5.93. The number of amides is 2. The lowest BCUT2D eigenvalue weighted by atomic mass is 10.1. The molecule has 0 aliphatic carbocycles. The average molecular weight is 720 g/mol. The maximum Gasteiger partial charge on any atom is 0.365 e. The fraction of sp³-hybridized carbons (Fsp3) is 0. The van der Waals surface area contributed by atoms with Crippen molar-refractivity contribution in [1.29, 1.82) is 0 Å². The van der Waals surface area contributed by atoms with E-state index in [0.29, 0.717) is 8.95 Å². The predicted molar refractivity (Wildman–Crippen MR) is 136 cm³/mol. The molecule has 0 aromatic heterocycles. The van der Waals surface area contributed by atoms with Crippen LogP contribution < -0.4 is 11.0 Å². The SMILES string of the molecule is O=C(NOC(=O)c1c(Br)c(Br)c(Br)c(Br)c1C(=O)ONC(=O)c1ccccc1)c1ccccc1. The van der Waals surface area contributed by atoms with Crippen LogP contribution in [0.5, 0.6) is 0 Å². The Morgan fingerprint density at radius 2 is 0.853 bits per heavy atom. The van der Waals surface area contributed by atoms with E-state index in [9.17, 15) is 19.2 Å². The lowest BCUT2D eigenvalue weighted by molar-refractivity contribution is 0.0194. The highest BCUT2D eigenvalue weighted by atomic mass is 79.9. The molecule has 3 rings (SSSR count). The van der Waals surface area contributed by atoms with Crippen LogP contribution in [0.1, 0.15) is 41.4 Å². The normalized spacial score (nSPS) is 10.2. The van der Waals surface area contributed by atoms with Gasteiger partial charge < -0.3 is 9.68 Å². The van der Waals surface area contributed by atoms with Gasteiger partial charge in [-0.15, -0.1) is 0 Å². The summed E-state index contributed by atoms with van der Waals surface area (Å²) < 4.78 is 1.04. The molecule has 0 radical (unpaired) electrons. The minimum atomic E-state index is -1.06. The molecule has 12 heteroatoms. The van der Waals surface area contributed by atoms with Gasteiger partial charge in [0.2, 0.25) is 0 Å². The molecule has 0 saturated heterocycles. The number of nitrogens with one attached hydrogen (secondary N) is 2. The van der Waals surface area contributed by atoms with E-state index in [0.717, 1.165) is 0 Å². The summed E-state index contributed by atoms with van der Waals surface area (Å²) in [6.07, 6.45) is 0. The van der Waals surface area contributed by atoms with E-state index in [4.69, 9.17) is 9.68 Å². The maximum atomic E-state index is 12.9. The van der Waals surface area contributed by atoms with Crippen molar-refractivity contribution in [1.82, 2.24) is 11.0 Å². The van der Waals surface area contributed by atoms with Crippen LogP contribution in [-0.2, 0) is 9.68 Å². The third-order valence-corrected chi connectivity index (χ3v) is 8.99. The molecule has 0 atom stereocenters. The van der Waals surface area contributed by atoms with Crippen molar-refractivity contribution >= 4 is 87.5 Å². The van der Waals surface area contributed by atoms with E-state index in [-0.39, 0.29) is 31.2 Å². The molecule has 0 aliphatic rings. The molecule has 0 fully saturated rings. The largest absolute Gasteiger partial charge is 0.365 e. The van der Waals surface area contributed by atoms with Crippen LogP contribution in [0.3, 0.4) is 0 Å². The highest BCUT2D eigenvalue weighted by molar-refractivity contribution is 9.15. The lowest BCUT2D eigenvalue weighted by Gasteiger charge is -2.16. The zero-order valence-corrected chi connectivity index (χ0v) is 23.1. The molecule has 0 saturated carbocycles. The fourth-order valence-electron chi connectivity index (χ4n) is 2.60. The van der Waals surface area contributed by atoms with Crippen molar-refractivity contribution in [2.24, 2.45) is 0 Å². The summed E-state index contributed by atoms with van der Waals surface area (Å²) in [4.78, 5) is 60.1. The van der Waals surface area contributed by atoms with Crippen LogP contribution >= 0.6 is 63.7 Å². The quantitative estimate of drug-likeness (QED) is 0.202. The Morgan fingerprint density at radius 3 is 1.18 bits per heavy atom. The first kappa shape index (κ1) is 26.1. The van der Waals surface area contributed by atoms with Gasteiger partial charge in [0.15, 0.2) is 0 Å². The number of rotatable bonds is 4. The molecular formula is C22H12Br4N2O6. The number of benzene rings is 3.